The van der Waals surface area contributed by atoms with Crippen LogP contribution in [-0.4, -0.2) is 16.5 Å². The molecule has 24 heavy (non-hydrogen) atoms. The van der Waals surface area contributed by atoms with Crippen molar-refractivity contribution < 1.29 is 0 Å². The van der Waals surface area contributed by atoms with E-state index >= 15 is 0 Å². The summed E-state index contributed by atoms with van der Waals surface area (Å²) >= 11 is 0. The van der Waals surface area contributed by atoms with Crippen molar-refractivity contribution in [2.24, 2.45) is 0 Å². The molecule has 0 aliphatic carbocycles. The Morgan fingerprint density at radius 2 is 1.67 bits per heavy atom. The van der Waals surface area contributed by atoms with Crippen molar-refractivity contribution >= 4 is 17.5 Å². The van der Waals surface area contributed by atoms with Crippen molar-refractivity contribution in [1.82, 2.24) is 9.97 Å². The molecular formula is C20H20N4. The topological polar surface area (TPSA) is 41.1 Å². The number of nitrogens with one attached hydrogen (secondary N) is 1. The Hall–Kier alpha value is -2.88. The molecular weight excluding hydrogens is 296 g/mol. The number of aromatic nitrogens is 2. The number of para-hydroxylation sites is 1. The predicted molar refractivity (Wildman–Crippen MR) is 97.7 cm³/mol. The zero-order valence-corrected chi connectivity index (χ0v) is 13.7. The third kappa shape index (κ3) is 3.08. The van der Waals surface area contributed by atoms with Gasteiger partial charge in [-0.2, -0.15) is 4.98 Å². The van der Waals surface area contributed by atoms with E-state index in [2.05, 4.69) is 45.5 Å². The zero-order chi connectivity index (χ0) is 16.4. The molecule has 1 aliphatic rings. The highest BCUT2D eigenvalue weighted by atomic mass is 15.2. The third-order valence-electron chi connectivity index (χ3n) is 4.33. The minimum atomic E-state index is 0.648. The normalized spacial score (nSPS) is 13.5. The van der Waals surface area contributed by atoms with Crippen molar-refractivity contribution in [1.29, 1.82) is 0 Å². The maximum atomic E-state index is 4.73. The van der Waals surface area contributed by atoms with Gasteiger partial charge in [-0.3, -0.25) is 0 Å². The summed E-state index contributed by atoms with van der Waals surface area (Å²) in [5.41, 5.74) is 4.80. The lowest BCUT2D eigenvalue weighted by atomic mass is 10.00. The van der Waals surface area contributed by atoms with Crippen LogP contribution in [0.15, 0.2) is 60.7 Å². The molecule has 1 aliphatic heterocycles. The molecule has 3 aromatic rings. The molecule has 0 bridgehead atoms. The number of hydrogen-bond acceptors (Lipinski definition) is 4. The number of nitrogens with zero attached hydrogens (tertiary/aromatic N) is 3. The first-order valence-electron chi connectivity index (χ1n) is 8.27. The van der Waals surface area contributed by atoms with Crippen LogP contribution < -0.4 is 10.2 Å². The number of hydrogen-bond donors (Lipinski definition) is 1. The van der Waals surface area contributed by atoms with Crippen LogP contribution in [0.1, 0.15) is 16.8 Å². The lowest BCUT2D eigenvalue weighted by molar-refractivity contribution is 0.719. The van der Waals surface area contributed by atoms with Gasteiger partial charge in [0.25, 0.3) is 0 Å². The van der Waals surface area contributed by atoms with Crippen LogP contribution in [0.25, 0.3) is 0 Å². The van der Waals surface area contributed by atoms with Crippen molar-refractivity contribution in [3.8, 4) is 0 Å². The average Bonchev–Trinajstić information content (AvgIpc) is 2.62. The lowest BCUT2D eigenvalue weighted by Gasteiger charge is -2.30. The summed E-state index contributed by atoms with van der Waals surface area (Å²) in [6.07, 6.45) is 1.06. The van der Waals surface area contributed by atoms with Gasteiger partial charge in [-0.05, 0) is 36.6 Å². The Morgan fingerprint density at radius 3 is 2.50 bits per heavy atom. The van der Waals surface area contributed by atoms with Crippen LogP contribution in [0.5, 0.6) is 0 Å². The van der Waals surface area contributed by atoms with Gasteiger partial charge < -0.3 is 10.2 Å². The number of aryl methyl sites for hydroxylation is 1. The van der Waals surface area contributed by atoms with Crippen LogP contribution in [0.2, 0.25) is 0 Å². The van der Waals surface area contributed by atoms with Crippen molar-refractivity contribution in [2.75, 3.05) is 16.8 Å². The Kier molecular flexibility index (Phi) is 3.87. The monoisotopic (exact) mass is 316 g/mol. The van der Waals surface area contributed by atoms with E-state index in [1.54, 1.807) is 0 Å². The van der Waals surface area contributed by atoms with Gasteiger partial charge >= 0.3 is 0 Å². The van der Waals surface area contributed by atoms with Gasteiger partial charge in [-0.1, -0.05) is 42.5 Å². The van der Waals surface area contributed by atoms with Crippen LogP contribution in [0, 0.1) is 6.92 Å². The SMILES string of the molecule is Cc1cc(N2CCc3ccccc3C2)nc(Nc2ccccc2)n1. The summed E-state index contributed by atoms with van der Waals surface area (Å²) in [4.78, 5) is 11.6. The highest BCUT2D eigenvalue weighted by Crippen LogP contribution is 2.24. The van der Waals surface area contributed by atoms with Crippen LogP contribution >= 0.6 is 0 Å². The van der Waals surface area contributed by atoms with Gasteiger partial charge in [0.2, 0.25) is 5.95 Å². The summed E-state index contributed by atoms with van der Waals surface area (Å²) in [5.74, 6) is 1.63. The molecule has 0 unspecified atom stereocenters. The van der Waals surface area contributed by atoms with Crippen LogP contribution in [0.3, 0.4) is 0 Å². The van der Waals surface area contributed by atoms with E-state index in [4.69, 9.17) is 4.98 Å². The number of rotatable bonds is 3. The molecule has 0 amide bonds. The second-order valence-electron chi connectivity index (χ2n) is 6.12. The zero-order valence-electron chi connectivity index (χ0n) is 13.7. The molecule has 120 valence electrons. The molecule has 2 heterocycles. The second kappa shape index (κ2) is 6.32. The minimum absolute atomic E-state index is 0.648. The lowest BCUT2D eigenvalue weighted by Crippen LogP contribution is -2.31. The molecule has 0 saturated carbocycles. The summed E-state index contributed by atoms with van der Waals surface area (Å²) in [5, 5.41) is 3.29. The van der Waals surface area contributed by atoms with E-state index in [0.29, 0.717) is 5.95 Å². The van der Waals surface area contributed by atoms with Crippen LogP contribution in [-0.2, 0) is 13.0 Å². The van der Waals surface area contributed by atoms with Crippen molar-refractivity contribution in [3.63, 3.8) is 0 Å². The Labute approximate surface area is 142 Å². The molecule has 2 aromatic carbocycles. The fourth-order valence-electron chi connectivity index (χ4n) is 3.11. The third-order valence-corrected chi connectivity index (χ3v) is 4.33. The molecule has 4 heteroatoms. The molecule has 0 fully saturated rings. The maximum absolute atomic E-state index is 4.73. The smallest absolute Gasteiger partial charge is 0.229 e. The standard InChI is InChI=1S/C20H20N4/c1-15-13-19(23-20(21-15)22-18-9-3-2-4-10-18)24-12-11-16-7-5-6-8-17(16)14-24/h2-10,13H,11-12,14H2,1H3,(H,21,22,23). The summed E-state index contributed by atoms with van der Waals surface area (Å²) in [6, 6.07) is 20.7. The van der Waals surface area contributed by atoms with Crippen molar-refractivity contribution in [2.45, 2.75) is 19.9 Å². The molecule has 0 atom stereocenters. The number of anilines is 3. The fraction of sp³-hybridized carbons (Fsp3) is 0.200. The van der Waals surface area contributed by atoms with E-state index in [9.17, 15) is 0 Å². The Bertz CT molecular complexity index is 845. The molecule has 1 N–H and O–H groups in total. The first kappa shape index (κ1) is 14.7. The minimum Gasteiger partial charge on any atom is -0.352 e. The van der Waals surface area contributed by atoms with E-state index in [1.807, 2.05) is 37.3 Å². The Balaban J connectivity index is 1.60. The summed E-state index contributed by atoms with van der Waals surface area (Å²) < 4.78 is 0. The number of fused-ring (bicyclic) bond motifs is 1. The van der Waals surface area contributed by atoms with Gasteiger partial charge in [0.05, 0.1) is 0 Å². The predicted octanol–water partition coefficient (Wildman–Crippen LogP) is 4.09. The van der Waals surface area contributed by atoms with E-state index in [-0.39, 0.29) is 0 Å². The first-order chi connectivity index (χ1) is 11.8. The second-order valence-corrected chi connectivity index (χ2v) is 6.12. The Morgan fingerprint density at radius 1 is 0.917 bits per heavy atom. The van der Waals surface area contributed by atoms with Gasteiger partial charge in [-0.15, -0.1) is 0 Å². The van der Waals surface area contributed by atoms with E-state index < -0.39 is 0 Å². The van der Waals surface area contributed by atoms with Gasteiger partial charge in [0, 0.05) is 30.5 Å². The highest BCUT2D eigenvalue weighted by Gasteiger charge is 2.18. The summed E-state index contributed by atoms with van der Waals surface area (Å²) in [7, 11) is 0. The molecule has 4 rings (SSSR count). The molecule has 4 nitrogen and oxygen atoms in total. The average molecular weight is 316 g/mol. The van der Waals surface area contributed by atoms with Crippen molar-refractivity contribution in [3.05, 3.63) is 77.5 Å². The molecule has 0 radical (unpaired) electrons. The molecule has 0 saturated heterocycles. The number of benzene rings is 2. The van der Waals surface area contributed by atoms with Gasteiger partial charge in [0.1, 0.15) is 5.82 Å². The van der Waals surface area contributed by atoms with Gasteiger partial charge in [-0.25, -0.2) is 4.98 Å². The van der Waals surface area contributed by atoms with Crippen LogP contribution in [0.4, 0.5) is 17.5 Å². The quantitative estimate of drug-likeness (QED) is 0.790. The molecule has 1 aromatic heterocycles. The fourth-order valence-corrected chi connectivity index (χ4v) is 3.11. The maximum Gasteiger partial charge on any atom is 0.229 e. The van der Waals surface area contributed by atoms with Gasteiger partial charge in [0.15, 0.2) is 0 Å². The largest absolute Gasteiger partial charge is 0.352 e. The van der Waals surface area contributed by atoms with E-state index in [1.165, 1.54) is 11.1 Å². The first-order valence-corrected chi connectivity index (χ1v) is 8.27. The summed E-state index contributed by atoms with van der Waals surface area (Å²) in [6.45, 7) is 3.90. The van der Waals surface area contributed by atoms with E-state index in [0.717, 1.165) is 36.7 Å². The molecule has 0 spiro atoms. The highest BCUT2D eigenvalue weighted by molar-refractivity contribution is 5.56.